The predicted molar refractivity (Wildman–Crippen MR) is 139 cm³/mol. The van der Waals surface area contributed by atoms with Crippen LogP contribution >= 0.6 is 15.9 Å². The van der Waals surface area contributed by atoms with Crippen LogP contribution < -0.4 is 10.3 Å². The van der Waals surface area contributed by atoms with Crippen LogP contribution in [0.3, 0.4) is 0 Å². The lowest BCUT2D eigenvalue weighted by molar-refractivity contribution is -0.384. The number of aromatic nitrogens is 2. The molecule has 0 aliphatic carbocycles. The largest absolute Gasteiger partial charge is 0.489 e. The SMILES string of the molecule is CC(C)(C)c1nc2ccc(Br)cc2c(=O)n1N=Cc1ccc(OCc2ccc([N+](=O)[O-])cc2)cc1. The lowest BCUT2D eigenvalue weighted by Gasteiger charge is -2.20. The van der Waals surface area contributed by atoms with Crippen LogP contribution in [-0.4, -0.2) is 20.8 Å². The molecule has 4 rings (SSSR count). The third-order valence-electron chi connectivity index (χ3n) is 5.23. The lowest BCUT2D eigenvalue weighted by atomic mass is 9.95. The number of non-ortho nitro benzene ring substituents is 1. The molecule has 0 N–H and O–H groups in total. The molecule has 3 aromatic carbocycles. The maximum Gasteiger partial charge on any atom is 0.282 e. The summed E-state index contributed by atoms with van der Waals surface area (Å²) in [5.41, 5.74) is 1.65. The van der Waals surface area contributed by atoms with Gasteiger partial charge in [-0.15, -0.1) is 0 Å². The first-order valence-corrected chi connectivity index (χ1v) is 11.6. The fourth-order valence-corrected chi connectivity index (χ4v) is 3.76. The molecule has 0 bridgehead atoms. The highest BCUT2D eigenvalue weighted by atomic mass is 79.9. The molecular weight excluding hydrogens is 512 g/mol. The molecule has 35 heavy (non-hydrogen) atoms. The van der Waals surface area contributed by atoms with Crippen molar-refractivity contribution in [3.05, 3.63) is 109 Å². The molecule has 9 heteroatoms. The van der Waals surface area contributed by atoms with Gasteiger partial charge < -0.3 is 4.74 Å². The second-order valence-electron chi connectivity index (χ2n) is 8.99. The highest BCUT2D eigenvalue weighted by Gasteiger charge is 2.22. The summed E-state index contributed by atoms with van der Waals surface area (Å²) in [6, 6.07) is 18.9. The molecule has 1 heterocycles. The van der Waals surface area contributed by atoms with Crippen LogP contribution in [0.15, 0.2) is 81.1 Å². The van der Waals surface area contributed by atoms with Crippen molar-refractivity contribution in [2.45, 2.75) is 32.8 Å². The fourth-order valence-electron chi connectivity index (χ4n) is 3.40. The molecule has 4 aromatic rings. The zero-order chi connectivity index (χ0) is 25.2. The summed E-state index contributed by atoms with van der Waals surface area (Å²) in [5.74, 6) is 1.21. The second kappa shape index (κ2) is 9.79. The number of benzene rings is 3. The molecular formula is C26H23BrN4O4. The van der Waals surface area contributed by atoms with E-state index in [1.165, 1.54) is 16.8 Å². The number of fused-ring (bicyclic) bond motifs is 1. The predicted octanol–water partition coefficient (Wildman–Crippen LogP) is 5.83. The Morgan fingerprint density at radius 2 is 1.77 bits per heavy atom. The molecule has 0 aliphatic rings. The van der Waals surface area contributed by atoms with E-state index in [1.807, 2.05) is 45.0 Å². The number of hydrogen-bond acceptors (Lipinski definition) is 6. The normalized spacial score (nSPS) is 11.8. The molecule has 0 saturated carbocycles. The van der Waals surface area contributed by atoms with Crippen LogP contribution in [0.25, 0.3) is 10.9 Å². The van der Waals surface area contributed by atoms with Crippen molar-refractivity contribution in [2.24, 2.45) is 5.10 Å². The molecule has 0 saturated heterocycles. The Morgan fingerprint density at radius 1 is 1.09 bits per heavy atom. The summed E-state index contributed by atoms with van der Waals surface area (Å²) >= 11 is 3.41. The van der Waals surface area contributed by atoms with Crippen LogP contribution in [0.5, 0.6) is 5.75 Å². The number of ether oxygens (including phenoxy) is 1. The van der Waals surface area contributed by atoms with Crippen molar-refractivity contribution in [3.8, 4) is 5.75 Å². The van der Waals surface area contributed by atoms with Gasteiger partial charge in [0, 0.05) is 22.0 Å². The van der Waals surface area contributed by atoms with Crippen molar-refractivity contribution in [3.63, 3.8) is 0 Å². The number of nitrogens with zero attached hydrogens (tertiary/aromatic N) is 4. The molecule has 178 valence electrons. The van der Waals surface area contributed by atoms with Gasteiger partial charge >= 0.3 is 0 Å². The molecule has 0 aliphatic heterocycles. The molecule has 0 unspecified atom stereocenters. The van der Waals surface area contributed by atoms with E-state index in [9.17, 15) is 14.9 Å². The molecule has 0 amide bonds. The standard InChI is InChI=1S/C26H23BrN4O4/c1-26(2,3)25-29-23-13-8-19(27)14-22(23)24(32)30(25)28-15-17-6-11-21(12-7-17)35-16-18-4-9-20(10-5-18)31(33)34/h4-15H,16H2,1-3H3. The average molecular weight is 535 g/mol. The zero-order valence-corrected chi connectivity index (χ0v) is 21.0. The number of hydrogen-bond donors (Lipinski definition) is 0. The number of halogens is 1. The van der Waals surface area contributed by atoms with Crippen LogP contribution in [-0.2, 0) is 12.0 Å². The third-order valence-corrected chi connectivity index (χ3v) is 5.73. The number of nitro groups is 1. The smallest absolute Gasteiger partial charge is 0.282 e. The molecule has 0 radical (unpaired) electrons. The third kappa shape index (κ3) is 5.63. The first-order valence-electron chi connectivity index (χ1n) is 10.9. The summed E-state index contributed by atoms with van der Waals surface area (Å²) in [6.45, 7) is 6.25. The monoisotopic (exact) mass is 534 g/mol. The minimum absolute atomic E-state index is 0.0420. The van der Waals surface area contributed by atoms with E-state index in [0.29, 0.717) is 22.5 Å². The van der Waals surface area contributed by atoms with Gasteiger partial charge in [-0.1, -0.05) is 36.7 Å². The van der Waals surface area contributed by atoms with Crippen molar-refractivity contribution in [2.75, 3.05) is 0 Å². The van der Waals surface area contributed by atoms with E-state index < -0.39 is 10.3 Å². The zero-order valence-electron chi connectivity index (χ0n) is 19.4. The summed E-state index contributed by atoms with van der Waals surface area (Å²) < 4.78 is 7.92. The summed E-state index contributed by atoms with van der Waals surface area (Å²) in [4.78, 5) is 28.3. The maximum atomic E-state index is 13.2. The van der Waals surface area contributed by atoms with Crippen LogP contribution in [0.1, 0.15) is 37.7 Å². The highest BCUT2D eigenvalue weighted by molar-refractivity contribution is 9.10. The Labute approximate surface area is 210 Å². The highest BCUT2D eigenvalue weighted by Crippen LogP contribution is 2.23. The molecule has 0 spiro atoms. The van der Waals surface area contributed by atoms with E-state index in [2.05, 4.69) is 21.0 Å². The van der Waals surface area contributed by atoms with Gasteiger partial charge in [0.25, 0.3) is 11.2 Å². The van der Waals surface area contributed by atoms with Crippen molar-refractivity contribution >= 4 is 38.7 Å². The van der Waals surface area contributed by atoms with Crippen molar-refractivity contribution in [1.29, 1.82) is 0 Å². The van der Waals surface area contributed by atoms with Gasteiger partial charge in [-0.05, 0) is 65.7 Å². The van der Waals surface area contributed by atoms with Gasteiger partial charge in [0.1, 0.15) is 18.2 Å². The summed E-state index contributed by atoms with van der Waals surface area (Å²) in [7, 11) is 0. The quantitative estimate of drug-likeness (QED) is 0.176. The van der Waals surface area contributed by atoms with E-state index in [0.717, 1.165) is 15.6 Å². The minimum atomic E-state index is -0.434. The first kappa shape index (κ1) is 24.3. The fraction of sp³-hybridized carbons (Fsp3) is 0.192. The van der Waals surface area contributed by atoms with Gasteiger partial charge in [-0.2, -0.15) is 9.78 Å². The first-order chi connectivity index (χ1) is 16.6. The van der Waals surface area contributed by atoms with Crippen LogP contribution in [0.4, 0.5) is 5.69 Å². The Morgan fingerprint density at radius 3 is 2.40 bits per heavy atom. The van der Waals surface area contributed by atoms with Crippen LogP contribution in [0, 0.1) is 10.1 Å². The number of rotatable bonds is 6. The lowest BCUT2D eigenvalue weighted by Crippen LogP contribution is -2.29. The van der Waals surface area contributed by atoms with Gasteiger partial charge in [-0.25, -0.2) is 4.98 Å². The Balaban J connectivity index is 1.55. The molecule has 8 nitrogen and oxygen atoms in total. The summed E-state index contributed by atoms with van der Waals surface area (Å²) in [5, 5.41) is 15.7. The Bertz CT molecular complexity index is 1470. The van der Waals surface area contributed by atoms with Gasteiger partial charge in [-0.3, -0.25) is 14.9 Å². The van der Waals surface area contributed by atoms with E-state index in [4.69, 9.17) is 9.72 Å². The molecule has 1 aromatic heterocycles. The maximum absolute atomic E-state index is 13.2. The van der Waals surface area contributed by atoms with Crippen molar-refractivity contribution in [1.82, 2.24) is 9.66 Å². The topological polar surface area (TPSA) is 99.6 Å². The molecule has 0 atom stereocenters. The van der Waals surface area contributed by atoms with Gasteiger partial charge in [0.15, 0.2) is 0 Å². The second-order valence-corrected chi connectivity index (χ2v) is 9.91. The Kier molecular flexibility index (Phi) is 6.79. The molecule has 0 fully saturated rings. The minimum Gasteiger partial charge on any atom is -0.489 e. The van der Waals surface area contributed by atoms with Gasteiger partial charge in [0.05, 0.1) is 22.0 Å². The number of nitro benzene ring substituents is 1. The van der Waals surface area contributed by atoms with Crippen LogP contribution in [0.2, 0.25) is 0 Å². The van der Waals surface area contributed by atoms with E-state index in [-0.39, 0.29) is 17.9 Å². The summed E-state index contributed by atoms with van der Waals surface area (Å²) in [6.07, 6.45) is 1.61. The average Bonchev–Trinajstić information content (AvgIpc) is 2.82. The van der Waals surface area contributed by atoms with Crippen molar-refractivity contribution < 1.29 is 9.66 Å². The van der Waals surface area contributed by atoms with E-state index >= 15 is 0 Å². The van der Waals surface area contributed by atoms with E-state index in [1.54, 1.807) is 36.5 Å². The van der Waals surface area contributed by atoms with Gasteiger partial charge in [0.2, 0.25) is 0 Å². The Hall–Kier alpha value is -3.85.